The molecule has 0 aliphatic carbocycles. The monoisotopic (exact) mass is 263 g/mol. The van der Waals surface area contributed by atoms with Crippen molar-refractivity contribution < 1.29 is 9.90 Å². The molecule has 0 saturated carbocycles. The highest BCUT2D eigenvalue weighted by molar-refractivity contribution is 9.10. The molecule has 0 fully saturated rings. The van der Waals surface area contributed by atoms with Crippen molar-refractivity contribution >= 4 is 33.2 Å². The van der Waals surface area contributed by atoms with E-state index in [1.54, 1.807) is 11.3 Å². The molecule has 0 aromatic carbocycles. The van der Waals surface area contributed by atoms with Crippen LogP contribution in [0, 0.1) is 6.92 Å². The van der Waals surface area contributed by atoms with Gasteiger partial charge in [-0.25, -0.2) is 0 Å². The van der Waals surface area contributed by atoms with Gasteiger partial charge in [-0.2, -0.15) is 0 Å². The molecular formula is C8H10BrNO2S. The maximum absolute atomic E-state index is 10.2. The van der Waals surface area contributed by atoms with Gasteiger partial charge in [-0.05, 0) is 28.9 Å². The third kappa shape index (κ3) is 3.46. The summed E-state index contributed by atoms with van der Waals surface area (Å²) in [5, 5.41) is 11.2. The molecule has 3 nitrogen and oxygen atoms in total. The maximum atomic E-state index is 10.2. The van der Waals surface area contributed by atoms with Gasteiger partial charge in [-0.15, -0.1) is 11.3 Å². The molecule has 1 aromatic heterocycles. The highest BCUT2D eigenvalue weighted by atomic mass is 79.9. The second-order valence-corrected chi connectivity index (χ2v) is 4.81. The maximum Gasteiger partial charge on any atom is 0.317 e. The second kappa shape index (κ2) is 4.74. The average Bonchev–Trinajstić information content (AvgIpc) is 2.30. The van der Waals surface area contributed by atoms with E-state index in [9.17, 15) is 4.79 Å². The molecule has 0 amide bonds. The predicted molar refractivity (Wildman–Crippen MR) is 56.1 cm³/mol. The molecule has 1 aromatic rings. The fraction of sp³-hybridized carbons (Fsp3) is 0.375. The Morgan fingerprint density at radius 1 is 1.77 bits per heavy atom. The van der Waals surface area contributed by atoms with Gasteiger partial charge in [0.1, 0.15) is 0 Å². The Morgan fingerprint density at radius 3 is 2.92 bits per heavy atom. The lowest BCUT2D eigenvalue weighted by atomic mass is 10.4. The van der Waals surface area contributed by atoms with Crippen molar-refractivity contribution in [1.29, 1.82) is 0 Å². The van der Waals surface area contributed by atoms with Gasteiger partial charge in [0.2, 0.25) is 0 Å². The van der Waals surface area contributed by atoms with Gasteiger partial charge in [0, 0.05) is 20.8 Å². The number of nitrogens with one attached hydrogen (secondary N) is 1. The number of carboxylic acids is 1. The Morgan fingerprint density at radius 2 is 2.46 bits per heavy atom. The lowest BCUT2D eigenvalue weighted by molar-refractivity contribution is -0.135. The van der Waals surface area contributed by atoms with Gasteiger partial charge >= 0.3 is 5.97 Å². The Balaban J connectivity index is 2.41. The van der Waals surface area contributed by atoms with Crippen LogP contribution in [0.5, 0.6) is 0 Å². The molecule has 1 rings (SSSR count). The zero-order chi connectivity index (χ0) is 9.84. The molecule has 2 N–H and O–H groups in total. The number of thiophene rings is 1. The van der Waals surface area contributed by atoms with Crippen LogP contribution in [0.1, 0.15) is 9.75 Å². The van der Waals surface area contributed by atoms with Crippen LogP contribution in [0.3, 0.4) is 0 Å². The Bertz CT molecular complexity index is 292. The first-order valence-corrected chi connectivity index (χ1v) is 5.38. The summed E-state index contributed by atoms with van der Waals surface area (Å²) < 4.78 is 1.09. The van der Waals surface area contributed by atoms with Crippen LogP contribution in [0.15, 0.2) is 10.5 Å². The van der Waals surface area contributed by atoms with E-state index >= 15 is 0 Å². The summed E-state index contributed by atoms with van der Waals surface area (Å²) in [6, 6.07) is 2.01. The van der Waals surface area contributed by atoms with E-state index in [4.69, 9.17) is 5.11 Å². The van der Waals surface area contributed by atoms with Crippen LogP contribution in [0.2, 0.25) is 0 Å². The van der Waals surface area contributed by atoms with E-state index in [1.807, 2.05) is 13.0 Å². The summed E-state index contributed by atoms with van der Waals surface area (Å²) in [6.07, 6.45) is 0. The van der Waals surface area contributed by atoms with Crippen molar-refractivity contribution in [2.45, 2.75) is 13.5 Å². The fourth-order valence-electron chi connectivity index (χ4n) is 0.898. The van der Waals surface area contributed by atoms with E-state index in [0.717, 1.165) is 9.35 Å². The molecule has 0 spiro atoms. The number of aliphatic carboxylic acids is 1. The Kier molecular flexibility index (Phi) is 3.90. The smallest absolute Gasteiger partial charge is 0.317 e. The van der Waals surface area contributed by atoms with Gasteiger partial charge in [0.25, 0.3) is 0 Å². The third-order valence-corrected chi connectivity index (χ3v) is 3.62. The number of hydrogen-bond acceptors (Lipinski definition) is 3. The van der Waals surface area contributed by atoms with E-state index in [0.29, 0.717) is 6.54 Å². The van der Waals surface area contributed by atoms with Crippen molar-refractivity contribution in [3.8, 4) is 0 Å². The Hall–Kier alpha value is -0.390. The van der Waals surface area contributed by atoms with Gasteiger partial charge in [-0.1, -0.05) is 0 Å². The standard InChI is InChI=1S/C8H10BrNO2S/c1-5-7(9)2-6(13-5)3-10-4-8(11)12/h2,10H,3-4H2,1H3,(H,11,12). The Labute approximate surface area is 88.9 Å². The van der Waals surface area contributed by atoms with E-state index in [-0.39, 0.29) is 6.54 Å². The zero-order valence-corrected chi connectivity index (χ0v) is 9.54. The molecule has 0 unspecified atom stereocenters. The summed E-state index contributed by atoms with van der Waals surface area (Å²) in [7, 11) is 0. The van der Waals surface area contributed by atoms with E-state index in [2.05, 4.69) is 21.2 Å². The normalized spacial score (nSPS) is 10.3. The lowest BCUT2D eigenvalue weighted by Crippen LogP contribution is -2.21. The highest BCUT2D eigenvalue weighted by Gasteiger charge is 2.02. The van der Waals surface area contributed by atoms with Crippen molar-refractivity contribution in [3.63, 3.8) is 0 Å². The molecule has 5 heteroatoms. The third-order valence-electron chi connectivity index (χ3n) is 1.48. The first-order valence-electron chi connectivity index (χ1n) is 3.77. The average molecular weight is 264 g/mol. The minimum absolute atomic E-state index is 0.00850. The topological polar surface area (TPSA) is 49.3 Å². The summed E-state index contributed by atoms with van der Waals surface area (Å²) in [4.78, 5) is 12.6. The van der Waals surface area contributed by atoms with Crippen molar-refractivity contribution in [2.24, 2.45) is 0 Å². The minimum Gasteiger partial charge on any atom is -0.480 e. The van der Waals surface area contributed by atoms with E-state index in [1.165, 1.54) is 4.88 Å². The second-order valence-electron chi connectivity index (χ2n) is 2.61. The van der Waals surface area contributed by atoms with Crippen molar-refractivity contribution in [1.82, 2.24) is 5.32 Å². The molecule has 13 heavy (non-hydrogen) atoms. The lowest BCUT2D eigenvalue weighted by Gasteiger charge is -1.96. The highest BCUT2D eigenvalue weighted by Crippen LogP contribution is 2.25. The zero-order valence-electron chi connectivity index (χ0n) is 7.13. The van der Waals surface area contributed by atoms with Crippen LogP contribution in [-0.2, 0) is 11.3 Å². The van der Waals surface area contributed by atoms with Crippen LogP contribution in [0.4, 0.5) is 0 Å². The quantitative estimate of drug-likeness (QED) is 0.874. The molecular weight excluding hydrogens is 254 g/mol. The van der Waals surface area contributed by atoms with Crippen molar-refractivity contribution in [2.75, 3.05) is 6.54 Å². The molecule has 0 saturated heterocycles. The number of carbonyl (C=O) groups is 1. The summed E-state index contributed by atoms with van der Waals surface area (Å²) in [6.45, 7) is 2.65. The largest absolute Gasteiger partial charge is 0.480 e. The van der Waals surface area contributed by atoms with E-state index < -0.39 is 5.97 Å². The fourth-order valence-corrected chi connectivity index (χ4v) is 2.47. The first kappa shape index (κ1) is 10.7. The molecule has 0 aliphatic heterocycles. The van der Waals surface area contributed by atoms with Gasteiger partial charge in [0.05, 0.1) is 6.54 Å². The first-order chi connectivity index (χ1) is 6.09. The summed E-state index contributed by atoms with van der Waals surface area (Å²) in [5.41, 5.74) is 0. The molecule has 0 bridgehead atoms. The summed E-state index contributed by atoms with van der Waals surface area (Å²) >= 11 is 5.07. The number of carboxylic acid groups (broad SMARTS) is 1. The van der Waals surface area contributed by atoms with Gasteiger partial charge in [0.15, 0.2) is 0 Å². The summed E-state index contributed by atoms with van der Waals surface area (Å²) in [5.74, 6) is -0.827. The minimum atomic E-state index is -0.827. The van der Waals surface area contributed by atoms with Crippen molar-refractivity contribution in [3.05, 3.63) is 20.3 Å². The van der Waals surface area contributed by atoms with Crippen LogP contribution < -0.4 is 5.32 Å². The van der Waals surface area contributed by atoms with Crippen LogP contribution in [0.25, 0.3) is 0 Å². The predicted octanol–water partition coefficient (Wildman–Crippen LogP) is 1.99. The molecule has 72 valence electrons. The molecule has 1 heterocycles. The number of aryl methyl sites for hydroxylation is 1. The number of hydrogen-bond donors (Lipinski definition) is 2. The van der Waals surface area contributed by atoms with Gasteiger partial charge < -0.3 is 10.4 Å². The molecule has 0 aliphatic rings. The van der Waals surface area contributed by atoms with Crippen LogP contribution in [-0.4, -0.2) is 17.6 Å². The molecule has 0 radical (unpaired) electrons. The SMILES string of the molecule is Cc1sc(CNCC(=O)O)cc1Br. The number of rotatable bonds is 4. The van der Waals surface area contributed by atoms with Gasteiger partial charge in [-0.3, -0.25) is 4.79 Å². The van der Waals surface area contributed by atoms with Crippen LogP contribution >= 0.6 is 27.3 Å². The number of halogens is 1. The molecule has 0 atom stereocenters.